The standard InChI is InChI=1S/C18H12F2N4O.C7H11NO2/c19-11-7-4-8-12(20)14(11)16-23-13-9-21-18(25)15(13)17(24-16)22-10-5-2-1-3-6-10;9-7-2-1-3-8(7)6-4-10-5-6/h1-8H,9H2,(H,21,25)(H,22,23,24);6H,1-5H2. The molecule has 0 aliphatic carbocycles. The summed E-state index contributed by atoms with van der Waals surface area (Å²) in [4.78, 5) is 33.5. The van der Waals surface area contributed by atoms with Crippen molar-refractivity contribution in [2.45, 2.75) is 25.4 Å². The molecule has 3 aromatic rings. The summed E-state index contributed by atoms with van der Waals surface area (Å²) in [6, 6.07) is 13.1. The summed E-state index contributed by atoms with van der Waals surface area (Å²) in [5, 5.41) is 5.68. The van der Waals surface area contributed by atoms with Crippen LogP contribution in [-0.2, 0) is 16.1 Å². The number of hydrogen-bond donors (Lipinski definition) is 2. The molecule has 2 N–H and O–H groups in total. The fourth-order valence-electron chi connectivity index (χ4n) is 4.16. The van der Waals surface area contributed by atoms with Gasteiger partial charge in [0.25, 0.3) is 5.91 Å². The fraction of sp³-hybridized carbons (Fsp3) is 0.280. The molecule has 6 rings (SSSR count). The van der Waals surface area contributed by atoms with Crippen LogP contribution in [0, 0.1) is 11.6 Å². The van der Waals surface area contributed by atoms with E-state index in [4.69, 9.17) is 4.74 Å². The molecular weight excluding hydrogens is 456 g/mol. The predicted octanol–water partition coefficient (Wildman–Crippen LogP) is 3.42. The molecule has 3 aliphatic heterocycles. The quantitative estimate of drug-likeness (QED) is 0.596. The maximum absolute atomic E-state index is 14.1. The number of amides is 2. The summed E-state index contributed by atoms with van der Waals surface area (Å²) in [7, 11) is 0. The van der Waals surface area contributed by atoms with Crippen LogP contribution in [0.1, 0.15) is 28.9 Å². The van der Waals surface area contributed by atoms with Gasteiger partial charge in [0.15, 0.2) is 5.82 Å². The van der Waals surface area contributed by atoms with Crippen LogP contribution in [0.25, 0.3) is 11.4 Å². The van der Waals surface area contributed by atoms with Crippen molar-refractivity contribution in [1.29, 1.82) is 0 Å². The van der Waals surface area contributed by atoms with E-state index >= 15 is 0 Å². The number of aromatic nitrogens is 2. The topological polar surface area (TPSA) is 96.5 Å². The summed E-state index contributed by atoms with van der Waals surface area (Å²) in [5.41, 5.74) is 1.06. The Morgan fingerprint density at radius 1 is 0.971 bits per heavy atom. The zero-order chi connectivity index (χ0) is 24.4. The third-order valence-corrected chi connectivity index (χ3v) is 6.02. The van der Waals surface area contributed by atoms with Gasteiger partial charge in [0.2, 0.25) is 5.91 Å². The first-order valence-electron chi connectivity index (χ1n) is 11.3. The predicted molar refractivity (Wildman–Crippen MR) is 124 cm³/mol. The summed E-state index contributed by atoms with van der Waals surface area (Å²) < 4.78 is 33.2. The van der Waals surface area contributed by atoms with Crippen molar-refractivity contribution in [2.24, 2.45) is 0 Å². The fourth-order valence-corrected chi connectivity index (χ4v) is 4.16. The number of anilines is 2. The number of rotatable bonds is 4. The van der Waals surface area contributed by atoms with Gasteiger partial charge in [-0.1, -0.05) is 24.3 Å². The first-order chi connectivity index (χ1) is 17.0. The Bertz CT molecular complexity index is 1250. The van der Waals surface area contributed by atoms with Gasteiger partial charge < -0.3 is 20.3 Å². The number of nitrogens with zero attached hydrogens (tertiary/aromatic N) is 3. The maximum atomic E-state index is 14.1. The molecule has 0 unspecified atom stereocenters. The molecule has 0 saturated carbocycles. The number of hydrogen-bond acceptors (Lipinski definition) is 6. The average molecular weight is 479 g/mol. The number of fused-ring (bicyclic) bond motifs is 1. The molecule has 4 heterocycles. The minimum atomic E-state index is -0.761. The van der Waals surface area contributed by atoms with Crippen molar-refractivity contribution in [3.05, 3.63) is 71.4 Å². The number of carbonyl (C=O) groups excluding carboxylic acids is 2. The Balaban J connectivity index is 0.000000211. The van der Waals surface area contributed by atoms with E-state index in [2.05, 4.69) is 20.6 Å². The van der Waals surface area contributed by atoms with Crippen LogP contribution >= 0.6 is 0 Å². The van der Waals surface area contributed by atoms with Crippen LogP contribution in [-0.4, -0.2) is 52.5 Å². The van der Waals surface area contributed by atoms with Crippen LogP contribution in [0.2, 0.25) is 0 Å². The lowest BCUT2D eigenvalue weighted by molar-refractivity contribution is -0.139. The smallest absolute Gasteiger partial charge is 0.257 e. The lowest BCUT2D eigenvalue weighted by atomic mass is 10.1. The van der Waals surface area contributed by atoms with Crippen LogP contribution in [0.5, 0.6) is 0 Å². The highest BCUT2D eigenvalue weighted by Crippen LogP contribution is 2.30. The van der Waals surface area contributed by atoms with Crippen LogP contribution in [0.4, 0.5) is 20.3 Å². The van der Waals surface area contributed by atoms with Gasteiger partial charge in [0.1, 0.15) is 23.0 Å². The normalized spacial score (nSPS) is 16.8. The van der Waals surface area contributed by atoms with Crippen LogP contribution in [0.3, 0.4) is 0 Å². The van der Waals surface area contributed by atoms with Crippen molar-refractivity contribution in [3.63, 3.8) is 0 Å². The highest BCUT2D eigenvalue weighted by atomic mass is 19.1. The molecule has 2 saturated heterocycles. The minimum absolute atomic E-state index is 0.107. The van der Waals surface area contributed by atoms with Crippen molar-refractivity contribution in [1.82, 2.24) is 20.2 Å². The highest BCUT2D eigenvalue weighted by Gasteiger charge is 2.32. The number of halogens is 2. The van der Waals surface area contributed by atoms with Gasteiger partial charge in [-0.05, 0) is 30.7 Å². The molecular formula is C25H23F2N5O3. The van der Waals surface area contributed by atoms with E-state index in [1.807, 2.05) is 23.1 Å². The number of carbonyl (C=O) groups is 2. The molecule has 0 atom stereocenters. The lowest BCUT2D eigenvalue weighted by Gasteiger charge is -2.34. The molecule has 0 radical (unpaired) electrons. The highest BCUT2D eigenvalue weighted by molar-refractivity contribution is 6.03. The zero-order valence-electron chi connectivity index (χ0n) is 18.8. The molecule has 2 aromatic carbocycles. The Kier molecular flexibility index (Phi) is 6.37. The van der Waals surface area contributed by atoms with Gasteiger partial charge in [-0.3, -0.25) is 9.59 Å². The van der Waals surface area contributed by atoms with E-state index in [0.717, 1.165) is 44.7 Å². The summed E-state index contributed by atoms with van der Waals surface area (Å²) in [6.07, 6.45) is 1.78. The Morgan fingerprint density at radius 3 is 2.34 bits per heavy atom. The van der Waals surface area contributed by atoms with Gasteiger partial charge in [-0.15, -0.1) is 0 Å². The molecule has 0 bridgehead atoms. The minimum Gasteiger partial charge on any atom is -0.377 e. The number of ether oxygens (including phenoxy) is 1. The van der Waals surface area contributed by atoms with Crippen molar-refractivity contribution >= 4 is 23.3 Å². The van der Waals surface area contributed by atoms with Crippen LogP contribution in [0.15, 0.2) is 48.5 Å². The largest absolute Gasteiger partial charge is 0.377 e. The second kappa shape index (κ2) is 9.75. The molecule has 1 aromatic heterocycles. The Hall–Kier alpha value is -3.92. The molecule has 10 heteroatoms. The molecule has 8 nitrogen and oxygen atoms in total. The number of para-hydroxylation sites is 1. The Morgan fingerprint density at radius 2 is 1.71 bits per heavy atom. The number of nitrogens with one attached hydrogen (secondary N) is 2. The molecule has 2 amide bonds. The molecule has 35 heavy (non-hydrogen) atoms. The summed E-state index contributed by atoms with van der Waals surface area (Å²) in [6.45, 7) is 2.65. The second-order valence-corrected chi connectivity index (χ2v) is 8.37. The van der Waals surface area contributed by atoms with E-state index in [9.17, 15) is 18.4 Å². The molecule has 2 fully saturated rings. The van der Waals surface area contributed by atoms with Gasteiger partial charge >= 0.3 is 0 Å². The van der Waals surface area contributed by atoms with Gasteiger partial charge in [0.05, 0.1) is 37.1 Å². The van der Waals surface area contributed by atoms with Gasteiger partial charge in [-0.25, -0.2) is 18.7 Å². The van der Waals surface area contributed by atoms with E-state index in [0.29, 0.717) is 23.3 Å². The van der Waals surface area contributed by atoms with Crippen molar-refractivity contribution < 1.29 is 23.1 Å². The zero-order valence-corrected chi connectivity index (χ0v) is 18.8. The van der Waals surface area contributed by atoms with Gasteiger partial charge in [0, 0.05) is 18.7 Å². The Labute approximate surface area is 200 Å². The molecule has 3 aliphatic rings. The van der Waals surface area contributed by atoms with Crippen molar-refractivity contribution in [3.8, 4) is 11.4 Å². The number of likely N-dealkylation sites (tertiary alicyclic amines) is 1. The van der Waals surface area contributed by atoms with E-state index < -0.39 is 11.6 Å². The molecule has 0 spiro atoms. The van der Waals surface area contributed by atoms with Crippen molar-refractivity contribution in [2.75, 3.05) is 25.1 Å². The van der Waals surface area contributed by atoms with E-state index in [-0.39, 0.29) is 35.2 Å². The summed E-state index contributed by atoms with van der Waals surface area (Å²) in [5.74, 6) is -1.43. The first-order valence-corrected chi connectivity index (χ1v) is 11.3. The maximum Gasteiger partial charge on any atom is 0.257 e. The first kappa shape index (κ1) is 22.9. The number of benzene rings is 2. The van der Waals surface area contributed by atoms with Crippen LogP contribution < -0.4 is 10.6 Å². The SMILES string of the molecule is O=C1CCCN1C1COC1.O=C1NCc2nc(-c3c(F)cccc3F)nc(Nc3ccccc3)c21. The second-order valence-electron chi connectivity index (χ2n) is 8.37. The van der Waals surface area contributed by atoms with E-state index in [1.165, 1.54) is 6.07 Å². The third-order valence-electron chi connectivity index (χ3n) is 6.02. The monoisotopic (exact) mass is 479 g/mol. The lowest BCUT2D eigenvalue weighted by Crippen LogP contribution is -2.49. The van der Waals surface area contributed by atoms with Gasteiger partial charge in [-0.2, -0.15) is 0 Å². The van der Waals surface area contributed by atoms with E-state index in [1.54, 1.807) is 12.1 Å². The third kappa shape index (κ3) is 4.69. The average Bonchev–Trinajstić information content (AvgIpc) is 3.39. The summed E-state index contributed by atoms with van der Waals surface area (Å²) >= 11 is 0. The molecule has 180 valence electrons.